The van der Waals surface area contributed by atoms with E-state index in [2.05, 4.69) is 15.5 Å². The van der Waals surface area contributed by atoms with Crippen LogP contribution in [0.3, 0.4) is 0 Å². The highest BCUT2D eigenvalue weighted by Crippen LogP contribution is 2.17. The van der Waals surface area contributed by atoms with Crippen molar-refractivity contribution < 1.29 is 24.4 Å². The number of carboxylic acid groups (broad SMARTS) is 1. The van der Waals surface area contributed by atoms with Gasteiger partial charge in [-0.3, -0.25) is 24.6 Å². The fourth-order valence-corrected chi connectivity index (χ4v) is 2.75. The molecule has 3 N–H and O–H groups in total. The zero-order valence-electron chi connectivity index (χ0n) is 14.9. The van der Waals surface area contributed by atoms with Gasteiger partial charge in [0.15, 0.2) is 0 Å². The Bertz CT molecular complexity index is 663. The van der Waals surface area contributed by atoms with Crippen molar-refractivity contribution in [3.05, 3.63) is 34.4 Å². The number of carbonyl (C=O) groups excluding carboxylic acids is 1. The summed E-state index contributed by atoms with van der Waals surface area (Å²) in [6, 6.07) is 4.48. The molecule has 2 rings (SSSR count). The normalized spacial score (nSPS) is 15.9. The average molecular weight is 380 g/mol. The number of nitrogens with one attached hydrogen (secondary N) is 2. The Balaban J connectivity index is 1.77. The van der Waals surface area contributed by atoms with Gasteiger partial charge in [0.2, 0.25) is 5.91 Å². The van der Waals surface area contributed by atoms with Crippen LogP contribution in [0.1, 0.15) is 12.8 Å². The van der Waals surface area contributed by atoms with Crippen molar-refractivity contribution in [2.45, 2.75) is 18.9 Å². The number of amides is 1. The summed E-state index contributed by atoms with van der Waals surface area (Å²) in [5, 5.41) is 25.4. The number of nitrogens with zero attached hydrogens (tertiary/aromatic N) is 2. The third-order valence-electron chi connectivity index (χ3n) is 4.17. The number of nitro groups is 1. The fourth-order valence-electron chi connectivity index (χ4n) is 2.75. The summed E-state index contributed by atoms with van der Waals surface area (Å²) in [4.78, 5) is 35.9. The molecule has 0 bridgehead atoms. The van der Waals surface area contributed by atoms with Gasteiger partial charge in [-0.1, -0.05) is 6.07 Å². The van der Waals surface area contributed by atoms with E-state index >= 15 is 0 Å². The van der Waals surface area contributed by atoms with E-state index in [0.717, 1.165) is 26.1 Å². The molecule has 0 unspecified atom stereocenters. The zero-order chi connectivity index (χ0) is 19.6. The second-order valence-electron chi connectivity index (χ2n) is 6.21. The Labute approximate surface area is 156 Å². The lowest BCUT2D eigenvalue weighted by Crippen LogP contribution is -2.42. The third-order valence-corrected chi connectivity index (χ3v) is 4.17. The van der Waals surface area contributed by atoms with Crippen molar-refractivity contribution in [3.63, 3.8) is 0 Å². The predicted octanol–water partition coefficient (Wildman–Crippen LogP) is 0.689. The highest BCUT2D eigenvalue weighted by molar-refractivity contribution is 5.94. The van der Waals surface area contributed by atoms with Crippen molar-refractivity contribution in [2.75, 3.05) is 44.7 Å². The van der Waals surface area contributed by atoms with E-state index in [4.69, 9.17) is 4.74 Å². The number of carboxylic acids is 1. The lowest BCUT2D eigenvalue weighted by molar-refractivity contribution is -0.384. The van der Waals surface area contributed by atoms with Gasteiger partial charge < -0.3 is 20.5 Å². The number of hydrogen-bond acceptors (Lipinski definition) is 7. The van der Waals surface area contributed by atoms with Gasteiger partial charge in [-0.2, -0.15) is 0 Å². The average Bonchev–Trinajstić information content (AvgIpc) is 2.65. The first-order valence-electron chi connectivity index (χ1n) is 8.76. The van der Waals surface area contributed by atoms with Gasteiger partial charge in [0.05, 0.1) is 24.6 Å². The molecule has 0 spiro atoms. The number of carbonyl (C=O) groups is 2. The van der Waals surface area contributed by atoms with Crippen LogP contribution in [0.2, 0.25) is 0 Å². The summed E-state index contributed by atoms with van der Waals surface area (Å²) >= 11 is 0. The summed E-state index contributed by atoms with van der Waals surface area (Å²) in [5.41, 5.74) is 0.106. The first kappa shape index (κ1) is 20.7. The Morgan fingerprint density at radius 1 is 1.33 bits per heavy atom. The van der Waals surface area contributed by atoms with Crippen LogP contribution in [-0.4, -0.2) is 72.2 Å². The van der Waals surface area contributed by atoms with E-state index in [0.29, 0.717) is 19.8 Å². The number of morpholine rings is 1. The molecule has 27 heavy (non-hydrogen) atoms. The van der Waals surface area contributed by atoms with Crippen molar-refractivity contribution in [1.82, 2.24) is 10.2 Å². The first-order valence-corrected chi connectivity index (χ1v) is 8.76. The van der Waals surface area contributed by atoms with E-state index in [9.17, 15) is 24.8 Å². The number of aliphatic carboxylic acids is 1. The molecule has 148 valence electrons. The molecule has 1 aromatic carbocycles. The number of anilines is 1. The maximum absolute atomic E-state index is 12.1. The molecule has 0 aliphatic carbocycles. The minimum Gasteiger partial charge on any atom is -0.480 e. The minimum atomic E-state index is -1.12. The van der Waals surface area contributed by atoms with Crippen molar-refractivity contribution in [1.29, 1.82) is 0 Å². The highest BCUT2D eigenvalue weighted by atomic mass is 16.6. The topological polar surface area (TPSA) is 134 Å². The maximum atomic E-state index is 12.1. The van der Waals surface area contributed by atoms with E-state index in [-0.39, 0.29) is 17.8 Å². The Kier molecular flexibility index (Phi) is 8.11. The van der Waals surface area contributed by atoms with Crippen LogP contribution in [0.5, 0.6) is 0 Å². The molecular weight excluding hydrogens is 356 g/mol. The van der Waals surface area contributed by atoms with Crippen molar-refractivity contribution >= 4 is 23.3 Å². The van der Waals surface area contributed by atoms with E-state index in [1.807, 2.05) is 0 Å². The minimum absolute atomic E-state index is 0.149. The summed E-state index contributed by atoms with van der Waals surface area (Å²) in [5.74, 6) is -1.64. The number of hydrogen-bond donors (Lipinski definition) is 3. The number of non-ortho nitro benzene ring substituents is 1. The van der Waals surface area contributed by atoms with E-state index < -0.39 is 22.8 Å². The summed E-state index contributed by atoms with van der Waals surface area (Å²) in [6.45, 7) is 4.47. The molecule has 1 fully saturated rings. The van der Waals surface area contributed by atoms with E-state index in [1.54, 1.807) is 0 Å². The summed E-state index contributed by atoms with van der Waals surface area (Å²) in [6.07, 6.45) is 0.492. The number of benzene rings is 1. The van der Waals surface area contributed by atoms with Gasteiger partial charge in [-0.05, 0) is 25.6 Å². The molecular formula is C17H24N4O6. The van der Waals surface area contributed by atoms with Gasteiger partial charge >= 0.3 is 5.97 Å². The zero-order valence-corrected chi connectivity index (χ0v) is 14.9. The summed E-state index contributed by atoms with van der Waals surface area (Å²) < 4.78 is 5.27. The fraction of sp³-hybridized carbons (Fsp3) is 0.529. The monoisotopic (exact) mass is 380 g/mol. The van der Waals surface area contributed by atoms with Crippen molar-refractivity contribution in [3.8, 4) is 0 Å². The van der Waals surface area contributed by atoms with Crippen LogP contribution in [0.25, 0.3) is 0 Å². The van der Waals surface area contributed by atoms with Crippen LogP contribution in [0.15, 0.2) is 24.3 Å². The molecule has 10 nitrogen and oxygen atoms in total. The second kappa shape index (κ2) is 10.6. The third kappa shape index (κ3) is 7.29. The smallest absolute Gasteiger partial charge is 0.321 e. The molecule has 10 heteroatoms. The van der Waals surface area contributed by atoms with Crippen LogP contribution >= 0.6 is 0 Å². The lowest BCUT2D eigenvalue weighted by Gasteiger charge is -2.26. The molecule has 1 amide bonds. The standard InChI is InChI=1S/C17H24N4O6/c22-16(19-13-3-1-4-14(11-13)21(25)26)12-15(17(23)24)18-5-2-6-20-7-9-27-10-8-20/h1,3-4,11,15,18H,2,5-10,12H2,(H,19,22)(H,23,24)/t15-/m1/s1. The van der Waals surface area contributed by atoms with E-state index in [1.165, 1.54) is 24.3 Å². The van der Waals surface area contributed by atoms with Crippen molar-refractivity contribution in [2.24, 2.45) is 0 Å². The predicted molar refractivity (Wildman–Crippen MR) is 97.6 cm³/mol. The first-order chi connectivity index (χ1) is 13.0. The number of ether oxygens (including phenoxy) is 1. The largest absolute Gasteiger partial charge is 0.480 e. The molecule has 1 aliphatic heterocycles. The SMILES string of the molecule is O=C(C[C@@H](NCCCN1CCOCC1)C(=O)O)Nc1cccc([N+](=O)[O-])c1. The molecule has 1 aliphatic rings. The second-order valence-corrected chi connectivity index (χ2v) is 6.21. The lowest BCUT2D eigenvalue weighted by atomic mass is 10.2. The number of rotatable bonds is 10. The quantitative estimate of drug-likeness (QED) is 0.307. The Morgan fingerprint density at radius 2 is 2.07 bits per heavy atom. The molecule has 0 aromatic heterocycles. The van der Waals surface area contributed by atoms with Crippen LogP contribution in [-0.2, 0) is 14.3 Å². The molecule has 1 atom stereocenters. The number of nitro benzene ring substituents is 1. The Morgan fingerprint density at radius 3 is 2.74 bits per heavy atom. The van der Waals surface area contributed by atoms with Crippen LogP contribution in [0.4, 0.5) is 11.4 Å². The molecule has 0 radical (unpaired) electrons. The van der Waals surface area contributed by atoms with Crippen LogP contribution < -0.4 is 10.6 Å². The molecule has 1 heterocycles. The van der Waals surface area contributed by atoms with Gasteiger partial charge in [-0.15, -0.1) is 0 Å². The van der Waals surface area contributed by atoms with Crippen LogP contribution in [0, 0.1) is 10.1 Å². The Hall–Kier alpha value is -2.56. The highest BCUT2D eigenvalue weighted by Gasteiger charge is 2.21. The maximum Gasteiger partial charge on any atom is 0.321 e. The van der Waals surface area contributed by atoms with Gasteiger partial charge in [-0.25, -0.2) is 0 Å². The summed E-state index contributed by atoms with van der Waals surface area (Å²) in [7, 11) is 0. The van der Waals surface area contributed by atoms with Gasteiger partial charge in [0.1, 0.15) is 6.04 Å². The van der Waals surface area contributed by atoms with Gasteiger partial charge in [0, 0.05) is 30.9 Å². The molecule has 1 aromatic rings. The molecule has 1 saturated heterocycles. The van der Waals surface area contributed by atoms with Gasteiger partial charge in [0.25, 0.3) is 5.69 Å². The molecule has 0 saturated carbocycles.